The first-order valence-corrected chi connectivity index (χ1v) is 10.3. The van der Waals surface area contributed by atoms with Crippen LogP contribution in [-0.2, 0) is 10.0 Å². The Balaban J connectivity index is 1.56. The van der Waals surface area contributed by atoms with Crippen molar-refractivity contribution in [1.82, 2.24) is 10.6 Å². The fourth-order valence-corrected chi connectivity index (χ4v) is 4.03. The molecule has 3 rings (SSSR count). The molecule has 2 aromatic carbocycles. The van der Waals surface area contributed by atoms with Crippen LogP contribution in [0, 0.1) is 11.7 Å². The second kappa shape index (κ2) is 8.49. The molecule has 3 N–H and O–H groups in total. The Morgan fingerprint density at radius 3 is 2.44 bits per heavy atom. The van der Waals surface area contributed by atoms with E-state index in [4.69, 9.17) is 0 Å². The lowest BCUT2D eigenvalue weighted by atomic mass is 10.1. The number of carbonyl (C=O) groups is 1. The second-order valence-corrected chi connectivity index (χ2v) is 8.22. The number of nitrogens with one attached hydrogen (secondary N) is 3. The molecule has 0 aliphatic carbocycles. The molecule has 8 heteroatoms. The van der Waals surface area contributed by atoms with Crippen LogP contribution in [0.2, 0.25) is 0 Å². The molecule has 1 fully saturated rings. The minimum Gasteiger partial charge on any atom is -0.352 e. The van der Waals surface area contributed by atoms with Crippen LogP contribution in [0.25, 0.3) is 0 Å². The van der Waals surface area contributed by atoms with Crippen LogP contribution in [0.3, 0.4) is 0 Å². The van der Waals surface area contributed by atoms with Gasteiger partial charge in [0, 0.05) is 17.8 Å². The van der Waals surface area contributed by atoms with Gasteiger partial charge in [0.25, 0.3) is 15.9 Å². The van der Waals surface area contributed by atoms with Gasteiger partial charge in [0.05, 0.1) is 4.90 Å². The molecule has 1 atom stereocenters. The molecule has 0 radical (unpaired) electrons. The van der Waals surface area contributed by atoms with Crippen LogP contribution in [0.5, 0.6) is 0 Å². The number of hydrogen-bond acceptors (Lipinski definition) is 4. The fraction of sp³-hybridized carbons (Fsp3) is 0.316. The van der Waals surface area contributed by atoms with Crippen molar-refractivity contribution in [3.63, 3.8) is 0 Å². The molecule has 0 bridgehead atoms. The van der Waals surface area contributed by atoms with Gasteiger partial charge in [0.1, 0.15) is 5.82 Å². The summed E-state index contributed by atoms with van der Waals surface area (Å²) in [6.07, 6.45) is 2.08. The molecule has 0 saturated carbocycles. The number of hydrogen-bond donors (Lipinski definition) is 3. The molecule has 1 amide bonds. The predicted molar refractivity (Wildman–Crippen MR) is 102 cm³/mol. The van der Waals surface area contributed by atoms with Crippen molar-refractivity contribution >= 4 is 21.6 Å². The van der Waals surface area contributed by atoms with Crippen LogP contribution >= 0.6 is 0 Å². The number of amides is 1. The van der Waals surface area contributed by atoms with Crippen LogP contribution in [0.1, 0.15) is 23.2 Å². The summed E-state index contributed by atoms with van der Waals surface area (Å²) in [5.41, 5.74) is 0.789. The van der Waals surface area contributed by atoms with Gasteiger partial charge in [0.15, 0.2) is 0 Å². The third kappa shape index (κ3) is 5.27. The van der Waals surface area contributed by atoms with E-state index < -0.39 is 15.8 Å². The van der Waals surface area contributed by atoms with Gasteiger partial charge in [-0.2, -0.15) is 0 Å². The van der Waals surface area contributed by atoms with Gasteiger partial charge in [-0.15, -0.1) is 0 Å². The zero-order chi connectivity index (χ0) is 19.3. The third-order valence-corrected chi connectivity index (χ3v) is 5.92. The fourth-order valence-electron chi connectivity index (χ4n) is 2.97. The molecule has 2 aromatic rings. The molecule has 6 nitrogen and oxygen atoms in total. The quantitative estimate of drug-likeness (QED) is 0.676. The summed E-state index contributed by atoms with van der Waals surface area (Å²) in [6, 6.07) is 10.7. The van der Waals surface area contributed by atoms with Gasteiger partial charge in [-0.25, -0.2) is 12.8 Å². The van der Waals surface area contributed by atoms with Crippen molar-refractivity contribution in [2.75, 3.05) is 24.4 Å². The van der Waals surface area contributed by atoms with E-state index in [0.29, 0.717) is 23.7 Å². The molecule has 0 aromatic heterocycles. The SMILES string of the molecule is O=C(NCCC1CCNC1)c1ccc(NS(=O)(=O)c2ccc(F)cc2)cc1. The molecule has 0 spiro atoms. The molecule has 27 heavy (non-hydrogen) atoms. The number of benzene rings is 2. The summed E-state index contributed by atoms with van der Waals surface area (Å²) < 4.78 is 39.9. The minimum absolute atomic E-state index is 0.0351. The summed E-state index contributed by atoms with van der Waals surface area (Å²) in [7, 11) is -3.81. The Morgan fingerprint density at radius 1 is 1.11 bits per heavy atom. The van der Waals surface area contributed by atoms with Crippen molar-refractivity contribution in [2.45, 2.75) is 17.7 Å². The van der Waals surface area contributed by atoms with Crippen LogP contribution in [0.4, 0.5) is 10.1 Å². The summed E-state index contributed by atoms with van der Waals surface area (Å²) >= 11 is 0. The molecule has 144 valence electrons. The van der Waals surface area contributed by atoms with E-state index in [9.17, 15) is 17.6 Å². The number of rotatable bonds is 7. The largest absolute Gasteiger partial charge is 0.352 e. The van der Waals surface area contributed by atoms with Crippen molar-refractivity contribution < 1.29 is 17.6 Å². The molecule has 1 unspecified atom stereocenters. The van der Waals surface area contributed by atoms with E-state index in [2.05, 4.69) is 15.4 Å². The Hall–Kier alpha value is -2.45. The summed E-state index contributed by atoms with van der Waals surface area (Å²) in [6.45, 7) is 2.65. The van der Waals surface area contributed by atoms with Crippen molar-refractivity contribution in [2.24, 2.45) is 5.92 Å². The van der Waals surface area contributed by atoms with Gasteiger partial charge in [0.2, 0.25) is 0 Å². The smallest absolute Gasteiger partial charge is 0.261 e. The highest BCUT2D eigenvalue weighted by Gasteiger charge is 2.16. The van der Waals surface area contributed by atoms with Gasteiger partial charge in [-0.3, -0.25) is 9.52 Å². The second-order valence-electron chi connectivity index (χ2n) is 6.54. The topological polar surface area (TPSA) is 87.3 Å². The number of anilines is 1. The van der Waals surface area contributed by atoms with E-state index in [0.717, 1.165) is 38.1 Å². The lowest BCUT2D eigenvalue weighted by Crippen LogP contribution is -2.26. The van der Waals surface area contributed by atoms with Gasteiger partial charge < -0.3 is 10.6 Å². The first-order chi connectivity index (χ1) is 12.9. The number of carbonyl (C=O) groups excluding carboxylic acids is 1. The Labute approximate surface area is 158 Å². The standard InChI is InChI=1S/C19H22FN3O3S/c20-16-3-7-18(8-4-16)27(25,26)23-17-5-1-15(2-6-17)19(24)22-12-10-14-9-11-21-13-14/h1-8,14,21,23H,9-13H2,(H,22,24). The molecule has 1 aliphatic heterocycles. The van der Waals surface area contributed by atoms with Gasteiger partial charge in [-0.05, 0) is 80.4 Å². The van der Waals surface area contributed by atoms with Crippen molar-refractivity contribution in [3.8, 4) is 0 Å². The van der Waals surface area contributed by atoms with E-state index >= 15 is 0 Å². The average Bonchev–Trinajstić information content (AvgIpc) is 3.16. The first kappa shape index (κ1) is 19.3. The summed E-state index contributed by atoms with van der Waals surface area (Å²) in [4.78, 5) is 12.1. The predicted octanol–water partition coefficient (Wildman–Crippen LogP) is 2.36. The van der Waals surface area contributed by atoms with Gasteiger partial charge in [-0.1, -0.05) is 0 Å². The zero-order valence-corrected chi connectivity index (χ0v) is 15.6. The van der Waals surface area contributed by atoms with Crippen LogP contribution in [0.15, 0.2) is 53.4 Å². The minimum atomic E-state index is -3.81. The van der Waals surface area contributed by atoms with E-state index in [1.165, 1.54) is 24.3 Å². The van der Waals surface area contributed by atoms with Crippen molar-refractivity contribution in [1.29, 1.82) is 0 Å². The monoisotopic (exact) mass is 391 g/mol. The average molecular weight is 391 g/mol. The first-order valence-electron chi connectivity index (χ1n) is 8.81. The summed E-state index contributed by atoms with van der Waals surface area (Å²) in [5, 5.41) is 6.18. The van der Waals surface area contributed by atoms with Crippen molar-refractivity contribution in [3.05, 3.63) is 59.9 Å². The van der Waals surface area contributed by atoms with Crippen LogP contribution in [-0.4, -0.2) is 34.0 Å². The lowest BCUT2D eigenvalue weighted by Gasteiger charge is -2.11. The highest BCUT2D eigenvalue weighted by atomic mass is 32.2. The Bertz CT molecular complexity index is 877. The van der Waals surface area contributed by atoms with Crippen LogP contribution < -0.4 is 15.4 Å². The Morgan fingerprint density at radius 2 is 1.81 bits per heavy atom. The lowest BCUT2D eigenvalue weighted by molar-refractivity contribution is 0.0951. The van der Waals surface area contributed by atoms with E-state index in [1.807, 2.05) is 0 Å². The Kier molecular flexibility index (Phi) is 6.08. The highest BCUT2D eigenvalue weighted by molar-refractivity contribution is 7.92. The molecule has 1 heterocycles. The van der Waals surface area contributed by atoms with E-state index in [-0.39, 0.29) is 10.8 Å². The van der Waals surface area contributed by atoms with E-state index in [1.54, 1.807) is 12.1 Å². The maximum Gasteiger partial charge on any atom is 0.261 e. The number of halogens is 1. The third-order valence-electron chi connectivity index (χ3n) is 4.52. The summed E-state index contributed by atoms with van der Waals surface area (Å²) in [5.74, 6) is -0.0871. The molecule has 1 aliphatic rings. The highest BCUT2D eigenvalue weighted by Crippen LogP contribution is 2.17. The molecular weight excluding hydrogens is 369 g/mol. The number of sulfonamides is 1. The maximum atomic E-state index is 12.9. The molecular formula is C19H22FN3O3S. The zero-order valence-electron chi connectivity index (χ0n) is 14.7. The molecule has 1 saturated heterocycles. The maximum absolute atomic E-state index is 12.9. The van der Waals surface area contributed by atoms with Gasteiger partial charge >= 0.3 is 0 Å². The normalized spacial score (nSPS) is 16.9.